The quantitative estimate of drug-likeness (QED) is 0.782. The minimum Gasteiger partial charge on any atom is -0.495 e. The summed E-state index contributed by atoms with van der Waals surface area (Å²) in [5, 5.41) is 0.564. The Morgan fingerprint density at radius 1 is 1.53 bits per heavy atom. The van der Waals surface area contributed by atoms with E-state index >= 15 is 0 Å². The molecule has 1 rings (SSSR count). The van der Waals surface area contributed by atoms with E-state index in [1.807, 2.05) is 13.0 Å². The highest BCUT2D eigenvalue weighted by Crippen LogP contribution is 2.24. The number of benzene rings is 1. The fourth-order valence-electron chi connectivity index (χ4n) is 1.02. The Labute approximate surface area is 95.4 Å². The van der Waals surface area contributed by atoms with Crippen LogP contribution in [0.25, 0.3) is 0 Å². The molecule has 0 saturated carbocycles. The maximum Gasteiger partial charge on any atom is 0.137 e. The van der Waals surface area contributed by atoms with Gasteiger partial charge in [-0.25, -0.2) is 0 Å². The smallest absolute Gasteiger partial charge is 0.137 e. The van der Waals surface area contributed by atoms with Gasteiger partial charge in [0.1, 0.15) is 5.75 Å². The van der Waals surface area contributed by atoms with Crippen molar-refractivity contribution in [3.63, 3.8) is 0 Å². The Morgan fingerprint density at radius 3 is 2.80 bits per heavy atom. The first-order valence-corrected chi connectivity index (χ1v) is 5.15. The fourth-order valence-corrected chi connectivity index (χ4v) is 1.28. The second kappa shape index (κ2) is 5.65. The molecule has 0 aromatic heterocycles. The predicted molar refractivity (Wildman–Crippen MR) is 63.1 cm³/mol. The molecule has 0 saturated heterocycles. The summed E-state index contributed by atoms with van der Waals surface area (Å²) in [6, 6.07) is 5.35. The van der Waals surface area contributed by atoms with E-state index in [0.717, 1.165) is 12.0 Å². The van der Waals surface area contributed by atoms with Crippen molar-refractivity contribution in [3.8, 4) is 17.6 Å². The van der Waals surface area contributed by atoms with Gasteiger partial charge in [0, 0.05) is 5.56 Å². The van der Waals surface area contributed by atoms with Crippen molar-refractivity contribution in [2.24, 2.45) is 5.73 Å². The molecule has 0 radical (unpaired) electrons. The first-order chi connectivity index (χ1) is 7.17. The van der Waals surface area contributed by atoms with Crippen LogP contribution < -0.4 is 10.5 Å². The average Bonchev–Trinajstić information content (AvgIpc) is 2.26. The van der Waals surface area contributed by atoms with Crippen molar-refractivity contribution in [2.75, 3.05) is 7.11 Å². The summed E-state index contributed by atoms with van der Waals surface area (Å²) in [5.41, 5.74) is 6.54. The Kier molecular flexibility index (Phi) is 4.48. The van der Waals surface area contributed by atoms with Gasteiger partial charge in [-0.3, -0.25) is 0 Å². The number of nitrogens with two attached hydrogens (primary N) is 1. The Bertz CT molecular complexity index is 392. The monoisotopic (exact) mass is 223 g/mol. The second-order valence-corrected chi connectivity index (χ2v) is 3.54. The van der Waals surface area contributed by atoms with Crippen LogP contribution in [0.15, 0.2) is 18.2 Å². The van der Waals surface area contributed by atoms with E-state index in [1.54, 1.807) is 19.2 Å². The Morgan fingerprint density at radius 2 is 2.27 bits per heavy atom. The molecule has 0 heterocycles. The number of halogens is 1. The zero-order valence-electron chi connectivity index (χ0n) is 8.88. The topological polar surface area (TPSA) is 35.2 Å². The molecule has 0 fully saturated rings. The summed E-state index contributed by atoms with van der Waals surface area (Å²) in [7, 11) is 1.58. The van der Waals surface area contributed by atoms with E-state index < -0.39 is 0 Å². The van der Waals surface area contributed by atoms with Gasteiger partial charge in [-0.05, 0) is 24.6 Å². The van der Waals surface area contributed by atoms with Gasteiger partial charge in [0.15, 0.2) is 0 Å². The van der Waals surface area contributed by atoms with Crippen LogP contribution in [0.4, 0.5) is 0 Å². The summed E-state index contributed by atoms with van der Waals surface area (Å²) >= 11 is 5.95. The molecule has 2 nitrogen and oxygen atoms in total. The van der Waals surface area contributed by atoms with Crippen molar-refractivity contribution >= 4 is 11.6 Å². The van der Waals surface area contributed by atoms with E-state index in [0.29, 0.717) is 10.8 Å². The largest absolute Gasteiger partial charge is 0.495 e. The zero-order valence-corrected chi connectivity index (χ0v) is 9.64. The molecule has 2 N–H and O–H groups in total. The molecule has 3 heteroatoms. The van der Waals surface area contributed by atoms with Gasteiger partial charge in [-0.2, -0.15) is 0 Å². The van der Waals surface area contributed by atoms with Crippen molar-refractivity contribution in [1.82, 2.24) is 0 Å². The van der Waals surface area contributed by atoms with E-state index in [-0.39, 0.29) is 6.04 Å². The summed E-state index contributed by atoms with van der Waals surface area (Å²) in [5.74, 6) is 6.57. The molecule has 80 valence electrons. The first-order valence-electron chi connectivity index (χ1n) is 4.78. The molecule has 0 aliphatic rings. The summed E-state index contributed by atoms with van der Waals surface area (Å²) < 4.78 is 5.04. The predicted octanol–water partition coefficient (Wildman–Crippen LogP) is 2.44. The van der Waals surface area contributed by atoms with Gasteiger partial charge in [-0.1, -0.05) is 30.4 Å². The SMILES string of the molecule is CCC(N)C#Cc1ccc(OC)c(Cl)c1. The van der Waals surface area contributed by atoms with Gasteiger partial charge in [0.2, 0.25) is 0 Å². The maximum absolute atomic E-state index is 5.95. The van der Waals surface area contributed by atoms with Crippen LogP contribution in [0.1, 0.15) is 18.9 Å². The van der Waals surface area contributed by atoms with E-state index in [1.165, 1.54) is 0 Å². The third-order valence-corrected chi connectivity index (χ3v) is 2.29. The number of ether oxygens (including phenoxy) is 1. The van der Waals surface area contributed by atoms with Crippen LogP contribution in [0.5, 0.6) is 5.75 Å². The lowest BCUT2D eigenvalue weighted by Crippen LogP contribution is -2.15. The number of rotatable bonds is 2. The fraction of sp³-hybridized carbons (Fsp3) is 0.333. The molecular weight excluding hydrogens is 210 g/mol. The highest BCUT2D eigenvalue weighted by atomic mass is 35.5. The number of methoxy groups -OCH3 is 1. The minimum absolute atomic E-state index is 0.0779. The van der Waals surface area contributed by atoms with Gasteiger partial charge < -0.3 is 10.5 Å². The van der Waals surface area contributed by atoms with Gasteiger partial charge in [0.05, 0.1) is 18.2 Å². The van der Waals surface area contributed by atoms with Crippen molar-refractivity contribution in [2.45, 2.75) is 19.4 Å². The van der Waals surface area contributed by atoms with Crippen LogP contribution in [-0.2, 0) is 0 Å². The normalized spacial score (nSPS) is 11.5. The molecule has 0 aliphatic heterocycles. The maximum atomic E-state index is 5.95. The molecular formula is C12H14ClNO. The summed E-state index contributed by atoms with van der Waals surface area (Å²) in [6.45, 7) is 2.00. The molecule has 0 aliphatic carbocycles. The van der Waals surface area contributed by atoms with Crippen LogP contribution in [0, 0.1) is 11.8 Å². The third-order valence-electron chi connectivity index (χ3n) is 1.99. The van der Waals surface area contributed by atoms with Crippen LogP contribution >= 0.6 is 11.6 Å². The van der Waals surface area contributed by atoms with Gasteiger partial charge in [-0.15, -0.1) is 0 Å². The number of hydrogen-bond donors (Lipinski definition) is 1. The van der Waals surface area contributed by atoms with Crippen LogP contribution in [-0.4, -0.2) is 13.2 Å². The van der Waals surface area contributed by atoms with Crippen molar-refractivity contribution in [3.05, 3.63) is 28.8 Å². The molecule has 1 atom stereocenters. The zero-order chi connectivity index (χ0) is 11.3. The molecule has 1 aromatic rings. The second-order valence-electron chi connectivity index (χ2n) is 3.13. The van der Waals surface area contributed by atoms with E-state index in [9.17, 15) is 0 Å². The highest BCUT2D eigenvalue weighted by molar-refractivity contribution is 6.32. The molecule has 0 spiro atoms. The molecule has 0 amide bonds. The van der Waals surface area contributed by atoms with Crippen molar-refractivity contribution in [1.29, 1.82) is 0 Å². The Balaban J connectivity index is 2.87. The summed E-state index contributed by atoms with van der Waals surface area (Å²) in [4.78, 5) is 0. The highest BCUT2D eigenvalue weighted by Gasteiger charge is 1.99. The van der Waals surface area contributed by atoms with Gasteiger partial charge in [0.25, 0.3) is 0 Å². The Hall–Kier alpha value is -1.17. The third kappa shape index (κ3) is 3.47. The lowest BCUT2D eigenvalue weighted by atomic mass is 10.2. The summed E-state index contributed by atoms with van der Waals surface area (Å²) in [6.07, 6.45) is 0.844. The van der Waals surface area contributed by atoms with Crippen LogP contribution in [0.3, 0.4) is 0 Å². The van der Waals surface area contributed by atoms with Crippen LogP contribution in [0.2, 0.25) is 5.02 Å². The van der Waals surface area contributed by atoms with E-state index in [2.05, 4.69) is 11.8 Å². The molecule has 1 unspecified atom stereocenters. The standard InChI is InChI=1S/C12H14ClNO/c1-3-10(14)6-4-9-5-7-12(15-2)11(13)8-9/h5,7-8,10H,3,14H2,1-2H3. The van der Waals surface area contributed by atoms with E-state index in [4.69, 9.17) is 22.1 Å². The number of hydrogen-bond acceptors (Lipinski definition) is 2. The molecule has 1 aromatic carbocycles. The average molecular weight is 224 g/mol. The van der Waals surface area contributed by atoms with Gasteiger partial charge >= 0.3 is 0 Å². The lowest BCUT2D eigenvalue weighted by molar-refractivity contribution is 0.415. The molecule has 0 bridgehead atoms. The minimum atomic E-state index is -0.0779. The van der Waals surface area contributed by atoms with Crippen molar-refractivity contribution < 1.29 is 4.74 Å². The lowest BCUT2D eigenvalue weighted by Gasteiger charge is -2.02. The first kappa shape index (κ1) is 11.9. The molecule has 15 heavy (non-hydrogen) atoms.